The molecule has 0 saturated heterocycles. The molecule has 2 atom stereocenters. The molecule has 3 aromatic carbocycles. The first-order chi connectivity index (χ1) is 21.9. The summed E-state index contributed by atoms with van der Waals surface area (Å²) in [5, 5.41) is 27.9. The van der Waals surface area contributed by atoms with Crippen LogP contribution in [0.2, 0.25) is 0 Å². The molecule has 46 heavy (non-hydrogen) atoms. The number of rotatable bonds is 0. The molecule has 0 saturated carbocycles. The normalized spacial score (nSPS) is 16.9. The van der Waals surface area contributed by atoms with Crippen LogP contribution in [0.1, 0.15) is 87.5 Å². The van der Waals surface area contributed by atoms with E-state index in [0.717, 1.165) is 22.3 Å². The SMILES string of the molecule is CC#Cc1cc2c(cc1C#CC)C1(Br)c3cc(C#CC(=O)O)c(C#CC)cc3C2(Br)c2cc(C#CC(=O)O)c(C#CC(=O)O)cc21. The zero-order valence-corrected chi connectivity index (χ0v) is 27.5. The average Bonchev–Trinajstić information content (AvgIpc) is 3.00. The third kappa shape index (κ3) is 5.12. The minimum absolute atomic E-state index is 0.210. The first-order valence-corrected chi connectivity index (χ1v) is 15.0. The van der Waals surface area contributed by atoms with Crippen LogP contribution in [0.5, 0.6) is 0 Å². The molecule has 3 aromatic rings. The zero-order valence-electron chi connectivity index (χ0n) is 24.3. The van der Waals surface area contributed by atoms with Crippen molar-refractivity contribution in [1.29, 1.82) is 0 Å². The fourth-order valence-electron chi connectivity index (χ4n) is 5.77. The molecule has 6 rings (SSSR count). The van der Waals surface area contributed by atoms with Gasteiger partial charge in [0, 0.05) is 51.1 Å². The van der Waals surface area contributed by atoms with Crippen molar-refractivity contribution in [1.82, 2.24) is 0 Å². The Morgan fingerprint density at radius 3 is 0.826 bits per heavy atom. The second-order valence-electron chi connectivity index (χ2n) is 9.94. The summed E-state index contributed by atoms with van der Waals surface area (Å²) in [4.78, 5) is 34.2. The minimum atomic E-state index is -1.36. The highest BCUT2D eigenvalue weighted by Gasteiger charge is 2.58. The van der Waals surface area contributed by atoms with E-state index in [2.05, 4.69) is 103 Å². The maximum Gasteiger partial charge on any atom is 0.382 e. The Bertz CT molecular complexity index is 2350. The van der Waals surface area contributed by atoms with Crippen molar-refractivity contribution in [3.63, 3.8) is 0 Å². The topological polar surface area (TPSA) is 112 Å². The standard InChI is InChI=1S/C38H18Br2O6/c1-4-7-22-16-28-29(17-23(22)8-5-2)38(40)31-19-25(10-13-34(41)42)24(9-6-3)18-30(31)37(28,39)32-20-26(11-14-35(43)44)27(21-33(32)38)12-15-36(45)46/h16-21H,1-3H3,(H,41,42)(H,43,44)(H,45,46). The van der Waals surface area contributed by atoms with E-state index in [1.54, 1.807) is 39.0 Å². The number of hydrogen-bond donors (Lipinski definition) is 3. The maximum atomic E-state index is 11.4. The molecule has 3 N–H and O–H groups in total. The van der Waals surface area contributed by atoms with Crippen LogP contribution in [0, 0.1) is 71.0 Å². The van der Waals surface area contributed by atoms with Gasteiger partial charge in [-0.05, 0) is 90.6 Å². The van der Waals surface area contributed by atoms with E-state index in [-0.39, 0.29) is 11.1 Å². The molecule has 6 nitrogen and oxygen atoms in total. The van der Waals surface area contributed by atoms with Crippen LogP contribution in [-0.2, 0) is 23.0 Å². The molecular formula is C38H18Br2O6. The molecule has 0 amide bonds. The average molecular weight is 730 g/mol. The van der Waals surface area contributed by atoms with Gasteiger partial charge < -0.3 is 15.3 Å². The van der Waals surface area contributed by atoms with Gasteiger partial charge in [0.2, 0.25) is 0 Å². The van der Waals surface area contributed by atoms with Gasteiger partial charge in [-0.15, -0.1) is 17.8 Å². The quantitative estimate of drug-likeness (QED) is 0.219. The van der Waals surface area contributed by atoms with Crippen molar-refractivity contribution < 1.29 is 29.7 Å². The van der Waals surface area contributed by atoms with Crippen molar-refractivity contribution in [2.24, 2.45) is 0 Å². The molecule has 0 spiro atoms. The predicted octanol–water partition coefficient (Wildman–Crippen LogP) is 5.11. The van der Waals surface area contributed by atoms with Crippen LogP contribution in [0.4, 0.5) is 0 Å². The van der Waals surface area contributed by atoms with Crippen LogP contribution in [-0.4, -0.2) is 33.2 Å². The van der Waals surface area contributed by atoms with Crippen molar-refractivity contribution in [3.8, 4) is 71.0 Å². The number of hydrogen-bond acceptors (Lipinski definition) is 3. The first-order valence-electron chi connectivity index (χ1n) is 13.4. The molecule has 8 heteroatoms. The van der Waals surface area contributed by atoms with Crippen molar-refractivity contribution in [2.75, 3.05) is 0 Å². The smallest absolute Gasteiger partial charge is 0.382 e. The fraction of sp³-hybridized carbons (Fsp3) is 0.132. The van der Waals surface area contributed by atoms with Crippen LogP contribution < -0.4 is 0 Å². The van der Waals surface area contributed by atoms with Crippen LogP contribution in [0.15, 0.2) is 36.4 Å². The summed E-state index contributed by atoms with van der Waals surface area (Å²) in [6.07, 6.45) is 0. The van der Waals surface area contributed by atoms with Crippen molar-refractivity contribution >= 4 is 49.8 Å². The Morgan fingerprint density at radius 1 is 0.457 bits per heavy atom. The van der Waals surface area contributed by atoms with E-state index >= 15 is 0 Å². The molecule has 220 valence electrons. The maximum absolute atomic E-state index is 11.4. The van der Waals surface area contributed by atoms with Gasteiger partial charge in [-0.2, -0.15) is 0 Å². The van der Waals surface area contributed by atoms with Gasteiger partial charge in [0.15, 0.2) is 0 Å². The lowest BCUT2D eigenvalue weighted by Crippen LogP contribution is -2.45. The van der Waals surface area contributed by atoms with Crippen LogP contribution in [0.3, 0.4) is 0 Å². The van der Waals surface area contributed by atoms with Crippen molar-refractivity contribution in [3.05, 3.63) is 103 Å². The summed E-state index contributed by atoms with van der Waals surface area (Å²) in [5.74, 6) is 28.5. The number of carbonyl (C=O) groups is 3. The molecule has 2 bridgehead atoms. The Hall–Kier alpha value is -5.61. The highest BCUT2D eigenvalue weighted by molar-refractivity contribution is 9.10. The summed E-state index contributed by atoms with van der Waals surface area (Å²) < 4.78 is -2.19. The van der Waals surface area contributed by atoms with Crippen molar-refractivity contribution in [2.45, 2.75) is 29.4 Å². The van der Waals surface area contributed by atoms with Gasteiger partial charge in [-0.3, -0.25) is 0 Å². The molecule has 0 fully saturated rings. The van der Waals surface area contributed by atoms with Gasteiger partial charge in [-0.25, -0.2) is 14.4 Å². The molecule has 0 aliphatic heterocycles. The summed E-state index contributed by atoms with van der Waals surface area (Å²) in [6, 6.07) is 11.0. The van der Waals surface area contributed by atoms with Gasteiger partial charge >= 0.3 is 17.9 Å². The Kier molecular flexibility index (Phi) is 8.34. The van der Waals surface area contributed by atoms with E-state index in [4.69, 9.17) is 0 Å². The van der Waals surface area contributed by atoms with E-state index in [1.807, 2.05) is 18.2 Å². The highest BCUT2D eigenvalue weighted by atomic mass is 79.9. The number of carboxylic acids is 3. The lowest BCUT2D eigenvalue weighted by Gasteiger charge is -2.52. The fourth-order valence-corrected chi connectivity index (χ4v) is 7.73. The third-order valence-electron chi connectivity index (χ3n) is 7.39. The molecule has 3 aliphatic rings. The van der Waals surface area contributed by atoms with Gasteiger partial charge in [0.05, 0.1) is 0 Å². The van der Waals surface area contributed by atoms with Gasteiger partial charge in [-0.1, -0.05) is 67.4 Å². The Balaban J connectivity index is 2.01. The summed E-state index contributed by atoms with van der Waals surface area (Å²) in [5.41, 5.74) is 7.24. The summed E-state index contributed by atoms with van der Waals surface area (Å²) in [6.45, 7) is 5.13. The zero-order chi connectivity index (χ0) is 33.4. The number of benzene rings is 3. The van der Waals surface area contributed by atoms with E-state index < -0.39 is 26.6 Å². The number of aliphatic carboxylic acids is 3. The Labute approximate surface area is 281 Å². The summed E-state index contributed by atoms with van der Waals surface area (Å²) in [7, 11) is 0. The molecule has 0 radical (unpaired) electrons. The first kappa shape index (κ1) is 31.8. The second kappa shape index (κ2) is 12.1. The third-order valence-corrected chi connectivity index (χ3v) is 9.95. The van der Waals surface area contributed by atoms with E-state index in [0.29, 0.717) is 33.4 Å². The van der Waals surface area contributed by atoms with Crippen LogP contribution >= 0.6 is 31.9 Å². The predicted molar refractivity (Wildman–Crippen MR) is 178 cm³/mol. The largest absolute Gasteiger partial charge is 0.472 e. The number of carboxylic acid groups (broad SMARTS) is 3. The molecule has 0 aromatic heterocycles. The highest BCUT2D eigenvalue weighted by Crippen LogP contribution is 2.67. The van der Waals surface area contributed by atoms with Gasteiger partial charge in [0.25, 0.3) is 0 Å². The lowest BCUT2D eigenvalue weighted by molar-refractivity contribution is -0.131. The number of alkyl halides is 2. The molecule has 2 unspecified atom stereocenters. The van der Waals surface area contributed by atoms with E-state index in [9.17, 15) is 29.7 Å². The Morgan fingerprint density at radius 2 is 0.652 bits per heavy atom. The monoisotopic (exact) mass is 728 g/mol. The van der Waals surface area contributed by atoms with Crippen LogP contribution in [0.25, 0.3) is 0 Å². The minimum Gasteiger partial charge on any atom is -0.472 e. The van der Waals surface area contributed by atoms with Gasteiger partial charge in [0.1, 0.15) is 8.65 Å². The number of halogens is 2. The van der Waals surface area contributed by atoms with E-state index in [1.165, 1.54) is 0 Å². The lowest BCUT2D eigenvalue weighted by atomic mass is 9.59. The summed E-state index contributed by atoms with van der Waals surface area (Å²) >= 11 is 8.18. The molecule has 0 heterocycles. The molecule has 3 aliphatic carbocycles. The molecular weight excluding hydrogens is 712 g/mol. The second-order valence-corrected chi connectivity index (χ2v) is 12.3.